The Morgan fingerprint density at radius 2 is 1.73 bits per heavy atom. The molecule has 3 N–H and O–H groups in total. The van der Waals surface area contributed by atoms with Crippen molar-refractivity contribution >= 4 is 46.6 Å². The summed E-state index contributed by atoms with van der Waals surface area (Å²) < 4.78 is 13.5. The molecule has 3 aromatic carbocycles. The summed E-state index contributed by atoms with van der Waals surface area (Å²) in [6.07, 6.45) is 0. The molecule has 0 aliphatic carbocycles. The van der Waals surface area contributed by atoms with Crippen LogP contribution in [-0.4, -0.2) is 17.6 Å². The largest absolute Gasteiger partial charge is 0.353 e. The number of nitriles is 1. The molecule has 1 heterocycles. The van der Waals surface area contributed by atoms with Crippen LogP contribution in [0.15, 0.2) is 101 Å². The Hall–Kier alpha value is -4.06. The van der Waals surface area contributed by atoms with E-state index in [2.05, 4.69) is 22.0 Å². The van der Waals surface area contributed by atoms with E-state index in [0.29, 0.717) is 38.3 Å². The van der Waals surface area contributed by atoms with Gasteiger partial charge >= 0.3 is 0 Å². The number of halogens is 2. The van der Waals surface area contributed by atoms with Crippen LogP contribution in [0.4, 0.5) is 15.8 Å². The minimum Gasteiger partial charge on any atom is -0.353 e. The van der Waals surface area contributed by atoms with Gasteiger partial charge in [0.05, 0.1) is 28.3 Å². The molecular formula is C28H22ClFN4O2S. The molecule has 3 aromatic rings. The number of nitrogens with one attached hydrogen (secondary N) is 3. The van der Waals surface area contributed by atoms with E-state index in [1.807, 2.05) is 18.2 Å². The zero-order valence-electron chi connectivity index (χ0n) is 19.7. The predicted molar refractivity (Wildman–Crippen MR) is 145 cm³/mol. The smallest absolute Gasteiger partial charge is 0.254 e. The molecule has 0 saturated carbocycles. The van der Waals surface area contributed by atoms with Gasteiger partial charge in [-0.15, -0.1) is 0 Å². The number of para-hydroxylation sites is 1. The summed E-state index contributed by atoms with van der Waals surface area (Å²) in [5, 5.41) is 19.7. The first-order valence-electron chi connectivity index (χ1n) is 11.3. The van der Waals surface area contributed by atoms with Gasteiger partial charge in [0.15, 0.2) is 0 Å². The van der Waals surface area contributed by atoms with E-state index in [0.717, 1.165) is 11.8 Å². The molecule has 37 heavy (non-hydrogen) atoms. The number of amides is 2. The number of benzene rings is 3. The van der Waals surface area contributed by atoms with E-state index in [9.17, 15) is 19.2 Å². The topological polar surface area (TPSA) is 94.0 Å². The highest BCUT2D eigenvalue weighted by atomic mass is 35.5. The predicted octanol–water partition coefficient (Wildman–Crippen LogP) is 6.19. The van der Waals surface area contributed by atoms with Crippen molar-refractivity contribution in [2.24, 2.45) is 0 Å². The summed E-state index contributed by atoms with van der Waals surface area (Å²) in [4.78, 5) is 26.0. The second-order valence-corrected chi connectivity index (χ2v) is 9.53. The number of hydrogen-bond donors (Lipinski definition) is 3. The highest BCUT2D eigenvalue weighted by Crippen LogP contribution is 2.43. The minimum absolute atomic E-state index is 0.0436. The van der Waals surface area contributed by atoms with Crippen LogP contribution in [0.25, 0.3) is 0 Å². The molecule has 0 bridgehead atoms. The lowest BCUT2D eigenvalue weighted by Gasteiger charge is -2.30. The molecule has 0 radical (unpaired) electrons. The molecule has 0 spiro atoms. The fourth-order valence-corrected chi connectivity index (χ4v) is 5.11. The Labute approximate surface area is 223 Å². The molecule has 186 valence electrons. The van der Waals surface area contributed by atoms with Crippen molar-refractivity contribution in [1.29, 1.82) is 5.26 Å². The molecule has 0 aromatic heterocycles. The number of carbonyl (C=O) groups is 2. The number of anilines is 2. The molecule has 0 saturated heterocycles. The second-order valence-electron chi connectivity index (χ2n) is 8.14. The number of nitrogens with zero attached hydrogens (tertiary/aromatic N) is 1. The van der Waals surface area contributed by atoms with Gasteiger partial charge < -0.3 is 16.0 Å². The van der Waals surface area contributed by atoms with E-state index in [4.69, 9.17) is 11.6 Å². The van der Waals surface area contributed by atoms with Crippen LogP contribution >= 0.6 is 23.4 Å². The van der Waals surface area contributed by atoms with Crippen LogP contribution in [0.5, 0.6) is 0 Å². The summed E-state index contributed by atoms with van der Waals surface area (Å²) in [6, 6.07) is 23.9. The van der Waals surface area contributed by atoms with Gasteiger partial charge in [-0.1, -0.05) is 65.8 Å². The van der Waals surface area contributed by atoms with Crippen molar-refractivity contribution in [1.82, 2.24) is 5.32 Å². The van der Waals surface area contributed by atoms with E-state index in [-0.39, 0.29) is 23.1 Å². The molecule has 1 atom stereocenters. The van der Waals surface area contributed by atoms with Gasteiger partial charge in [-0.3, -0.25) is 9.59 Å². The lowest BCUT2D eigenvalue weighted by Crippen LogP contribution is -2.31. The molecule has 0 unspecified atom stereocenters. The van der Waals surface area contributed by atoms with E-state index < -0.39 is 11.7 Å². The average molecular weight is 533 g/mol. The monoisotopic (exact) mass is 532 g/mol. The molecule has 4 rings (SSSR count). The van der Waals surface area contributed by atoms with Gasteiger partial charge in [0.25, 0.3) is 5.91 Å². The molecule has 2 amide bonds. The molecule has 9 heteroatoms. The van der Waals surface area contributed by atoms with Crippen molar-refractivity contribution in [3.05, 3.63) is 117 Å². The maximum atomic E-state index is 13.5. The zero-order valence-corrected chi connectivity index (χ0v) is 21.3. The summed E-state index contributed by atoms with van der Waals surface area (Å²) in [5.74, 6) is -2.00. The van der Waals surface area contributed by atoms with Crippen LogP contribution in [0.3, 0.4) is 0 Å². The highest BCUT2D eigenvalue weighted by molar-refractivity contribution is 8.03. The normalized spacial score (nSPS) is 15.0. The Morgan fingerprint density at radius 1 is 1.03 bits per heavy atom. The summed E-state index contributed by atoms with van der Waals surface area (Å²) in [7, 11) is 0. The Kier molecular flexibility index (Phi) is 8.29. The van der Waals surface area contributed by atoms with Crippen molar-refractivity contribution in [3.63, 3.8) is 0 Å². The fraction of sp³-hybridized carbons (Fsp3) is 0.107. The number of hydrogen-bond acceptors (Lipinski definition) is 5. The Morgan fingerprint density at radius 3 is 2.43 bits per heavy atom. The zero-order chi connectivity index (χ0) is 26.4. The number of carbonyl (C=O) groups excluding carboxylic acids is 2. The molecular weight excluding hydrogens is 511 g/mol. The van der Waals surface area contributed by atoms with E-state index >= 15 is 0 Å². The third-order valence-corrected chi connectivity index (χ3v) is 6.96. The lowest BCUT2D eigenvalue weighted by atomic mass is 9.82. The number of allylic oxidation sites excluding steroid dienone is 2. The third-order valence-electron chi connectivity index (χ3n) is 5.60. The number of thioether (sulfide) groups is 1. The molecule has 1 aliphatic heterocycles. The van der Waals surface area contributed by atoms with E-state index in [1.54, 1.807) is 49.4 Å². The first-order chi connectivity index (χ1) is 17.9. The second kappa shape index (κ2) is 11.8. The summed E-state index contributed by atoms with van der Waals surface area (Å²) >= 11 is 7.65. The lowest BCUT2D eigenvalue weighted by molar-refractivity contribution is -0.114. The van der Waals surface area contributed by atoms with Crippen molar-refractivity contribution < 1.29 is 14.0 Å². The highest BCUT2D eigenvalue weighted by Gasteiger charge is 2.35. The Bertz CT molecular complexity index is 1450. The van der Waals surface area contributed by atoms with Crippen LogP contribution in [0.2, 0.25) is 5.02 Å². The van der Waals surface area contributed by atoms with Gasteiger partial charge in [-0.2, -0.15) is 5.26 Å². The van der Waals surface area contributed by atoms with Gasteiger partial charge in [-0.25, -0.2) is 4.39 Å². The van der Waals surface area contributed by atoms with Crippen LogP contribution in [-0.2, 0) is 9.59 Å². The minimum atomic E-state index is -0.752. The van der Waals surface area contributed by atoms with Gasteiger partial charge in [0, 0.05) is 27.7 Å². The average Bonchev–Trinajstić information content (AvgIpc) is 2.88. The van der Waals surface area contributed by atoms with Crippen LogP contribution in [0.1, 0.15) is 18.4 Å². The first-order valence-corrected chi connectivity index (χ1v) is 12.6. The molecule has 1 aliphatic rings. The van der Waals surface area contributed by atoms with Gasteiger partial charge in [0.2, 0.25) is 5.91 Å². The van der Waals surface area contributed by atoms with E-state index in [1.165, 1.54) is 18.2 Å². The first kappa shape index (κ1) is 26.0. The van der Waals surface area contributed by atoms with Crippen molar-refractivity contribution in [2.45, 2.75) is 12.8 Å². The standard InChI is InChI=1S/C28H22ClFN4O2S/c1-17-25(27(36)34-19-9-3-2-4-10-19)26(21-12-5-6-13-23(21)29)22(15-31)28(32-17)37-16-24(35)33-20-11-7-8-18(30)14-20/h2-14,26,32H,16H2,1H3,(H,33,35)(H,34,36)/t26-/m1/s1. The number of dihydropyridines is 1. The van der Waals surface area contributed by atoms with Gasteiger partial charge in [-0.05, 0) is 48.9 Å². The maximum absolute atomic E-state index is 13.5. The number of rotatable bonds is 7. The SMILES string of the molecule is CC1=C(C(=O)Nc2ccccc2)[C@H](c2ccccc2Cl)C(C#N)=C(SCC(=O)Nc2cccc(F)c2)N1. The summed E-state index contributed by atoms with van der Waals surface area (Å²) in [6.45, 7) is 1.74. The third kappa shape index (κ3) is 6.20. The van der Waals surface area contributed by atoms with Gasteiger partial charge in [0.1, 0.15) is 5.82 Å². The fourth-order valence-electron chi connectivity index (χ4n) is 3.97. The van der Waals surface area contributed by atoms with Crippen LogP contribution < -0.4 is 16.0 Å². The van der Waals surface area contributed by atoms with Crippen molar-refractivity contribution in [3.8, 4) is 6.07 Å². The summed E-state index contributed by atoms with van der Waals surface area (Å²) in [5.41, 5.74) is 2.69. The van der Waals surface area contributed by atoms with Crippen LogP contribution in [0, 0.1) is 17.1 Å². The Balaban J connectivity index is 1.64. The van der Waals surface area contributed by atoms with Crippen molar-refractivity contribution in [2.75, 3.05) is 16.4 Å². The quantitative estimate of drug-likeness (QED) is 0.337. The maximum Gasteiger partial charge on any atom is 0.254 e. The molecule has 0 fully saturated rings. The molecule has 6 nitrogen and oxygen atoms in total.